The number of nitrogens with one attached hydrogen (secondary N) is 1. The maximum absolute atomic E-state index is 12.9. The summed E-state index contributed by atoms with van der Waals surface area (Å²) in [6, 6.07) is 15.3. The van der Waals surface area contributed by atoms with E-state index in [1.807, 2.05) is 49.4 Å². The molecule has 0 bridgehead atoms. The standard InChI is InChI=1S/C21H24N2O3/c1-15-7-9-16(10-8-15)14-23(11-12-26-2)20(24)13-19-17-5-3-4-6-18(17)21(25)22-19/h3-10,19H,11-14H2,1-2H3,(H,22,25)/t19-/m0/s1. The highest BCUT2D eigenvalue weighted by molar-refractivity contribution is 5.99. The molecule has 5 heteroatoms. The van der Waals surface area contributed by atoms with Gasteiger partial charge in [-0.2, -0.15) is 0 Å². The van der Waals surface area contributed by atoms with Crippen LogP contribution in [-0.2, 0) is 16.1 Å². The Morgan fingerprint density at radius 1 is 1.15 bits per heavy atom. The van der Waals surface area contributed by atoms with Gasteiger partial charge in [-0.3, -0.25) is 9.59 Å². The molecule has 1 aliphatic rings. The summed E-state index contributed by atoms with van der Waals surface area (Å²) in [5.41, 5.74) is 3.82. The van der Waals surface area contributed by atoms with Crippen LogP contribution in [-0.4, -0.2) is 37.0 Å². The van der Waals surface area contributed by atoms with E-state index in [-0.39, 0.29) is 24.3 Å². The molecule has 1 atom stereocenters. The molecule has 2 aromatic rings. The van der Waals surface area contributed by atoms with Gasteiger partial charge in [-0.1, -0.05) is 48.0 Å². The number of hydrogen-bond donors (Lipinski definition) is 1. The molecule has 0 spiro atoms. The smallest absolute Gasteiger partial charge is 0.252 e. The number of aryl methyl sites for hydroxylation is 1. The molecule has 2 aromatic carbocycles. The molecule has 3 rings (SSSR count). The van der Waals surface area contributed by atoms with Crippen LogP contribution in [0.5, 0.6) is 0 Å². The van der Waals surface area contributed by atoms with Gasteiger partial charge in [-0.05, 0) is 24.1 Å². The van der Waals surface area contributed by atoms with Gasteiger partial charge in [0.05, 0.1) is 19.1 Å². The Balaban J connectivity index is 1.71. The first-order valence-electron chi connectivity index (χ1n) is 8.80. The number of benzene rings is 2. The zero-order valence-corrected chi connectivity index (χ0v) is 15.2. The van der Waals surface area contributed by atoms with E-state index in [1.165, 1.54) is 5.56 Å². The second kappa shape index (κ2) is 8.15. The highest BCUT2D eigenvalue weighted by atomic mass is 16.5. The van der Waals surface area contributed by atoms with Gasteiger partial charge in [-0.15, -0.1) is 0 Å². The van der Waals surface area contributed by atoms with E-state index in [1.54, 1.807) is 18.1 Å². The van der Waals surface area contributed by atoms with Crippen LogP contribution in [0.15, 0.2) is 48.5 Å². The first-order valence-corrected chi connectivity index (χ1v) is 8.80. The molecule has 0 aromatic heterocycles. The van der Waals surface area contributed by atoms with Crippen molar-refractivity contribution in [3.8, 4) is 0 Å². The third-order valence-electron chi connectivity index (χ3n) is 4.68. The van der Waals surface area contributed by atoms with Crippen LogP contribution in [0.1, 0.15) is 39.5 Å². The molecule has 0 radical (unpaired) electrons. The Morgan fingerprint density at radius 3 is 2.62 bits per heavy atom. The van der Waals surface area contributed by atoms with Crippen LogP contribution >= 0.6 is 0 Å². The van der Waals surface area contributed by atoms with Gasteiger partial charge in [0.15, 0.2) is 0 Å². The molecular formula is C21H24N2O3. The normalized spacial score (nSPS) is 15.5. The first kappa shape index (κ1) is 18.1. The summed E-state index contributed by atoms with van der Waals surface area (Å²) in [6.45, 7) is 3.57. The van der Waals surface area contributed by atoms with E-state index in [9.17, 15) is 9.59 Å². The minimum Gasteiger partial charge on any atom is -0.383 e. The average Bonchev–Trinajstić information content (AvgIpc) is 2.96. The van der Waals surface area contributed by atoms with Crippen molar-refractivity contribution in [1.29, 1.82) is 0 Å². The summed E-state index contributed by atoms with van der Waals surface area (Å²) in [5, 5.41) is 2.91. The van der Waals surface area contributed by atoms with Crippen molar-refractivity contribution < 1.29 is 14.3 Å². The molecule has 0 fully saturated rings. The van der Waals surface area contributed by atoms with Gasteiger partial charge >= 0.3 is 0 Å². The molecule has 0 saturated heterocycles. The van der Waals surface area contributed by atoms with E-state index in [0.717, 1.165) is 11.1 Å². The predicted octanol–water partition coefficient (Wildman–Crippen LogP) is 2.84. The van der Waals surface area contributed by atoms with Gasteiger partial charge in [0.2, 0.25) is 5.91 Å². The number of hydrogen-bond acceptors (Lipinski definition) is 3. The third kappa shape index (κ3) is 4.11. The summed E-state index contributed by atoms with van der Waals surface area (Å²) < 4.78 is 5.16. The number of carbonyl (C=O) groups excluding carboxylic acids is 2. The average molecular weight is 352 g/mol. The molecule has 2 amide bonds. The van der Waals surface area contributed by atoms with Crippen molar-refractivity contribution in [3.05, 3.63) is 70.8 Å². The maximum atomic E-state index is 12.9. The molecule has 1 heterocycles. The number of carbonyl (C=O) groups is 2. The van der Waals surface area contributed by atoms with Gasteiger partial charge in [0, 0.05) is 25.8 Å². The number of methoxy groups -OCH3 is 1. The van der Waals surface area contributed by atoms with Crippen molar-refractivity contribution in [2.75, 3.05) is 20.3 Å². The fourth-order valence-corrected chi connectivity index (χ4v) is 3.19. The Kier molecular flexibility index (Phi) is 5.68. The third-order valence-corrected chi connectivity index (χ3v) is 4.68. The summed E-state index contributed by atoms with van der Waals surface area (Å²) in [5.74, 6) is -0.106. The highest BCUT2D eigenvalue weighted by Crippen LogP contribution is 2.28. The lowest BCUT2D eigenvalue weighted by Gasteiger charge is -2.24. The topological polar surface area (TPSA) is 58.6 Å². The van der Waals surface area contributed by atoms with Gasteiger partial charge in [0.25, 0.3) is 5.91 Å². The molecule has 1 N–H and O–H groups in total. The summed E-state index contributed by atoms with van der Waals surface area (Å²) in [4.78, 5) is 26.8. The number of amides is 2. The summed E-state index contributed by atoms with van der Waals surface area (Å²) >= 11 is 0. The molecule has 0 aliphatic carbocycles. The Labute approximate surface area is 154 Å². The monoisotopic (exact) mass is 352 g/mol. The van der Waals surface area contributed by atoms with Crippen molar-refractivity contribution in [2.45, 2.75) is 25.9 Å². The molecule has 0 saturated carbocycles. The molecule has 0 unspecified atom stereocenters. The maximum Gasteiger partial charge on any atom is 0.252 e. The SMILES string of the molecule is COCCN(Cc1ccc(C)cc1)C(=O)C[C@@H]1NC(=O)c2ccccc21. The molecule has 5 nitrogen and oxygen atoms in total. The van der Waals surface area contributed by atoms with Crippen LogP contribution < -0.4 is 5.32 Å². The van der Waals surface area contributed by atoms with Crippen molar-refractivity contribution in [3.63, 3.8) is 0 Å². The number of rotatable bonds is 7. The van der Waals surface area contributed by atoms with Crippen LogP contribution in [0.25, 0.3) is 0 Å². The quantitative estimate of drug-likeness (QED) is 0.834. The second-order valence-corrected chi connectivity index (χ2v) is 6.61. The molecule has 1 aliphatic heterocycles. The summed E-state index contributed by atoms with van der Waals surface area (Å²) in [7, 11) is 1.63. The number of ether oxygens (including phenoxy) is 1. The Hall–Kier alpha value is -2.66. The lowest BCUT2D eigenvalue weighted by Crippen LogP contribution is -2.35. The van der Waals surface area contributed by atoms with E-state index < -0.39 is 0 Å². The molecule has 136 valence electrons. The number of nitrogens with zero attached hydrogens (tertiary/aromatic N) is 1. The lowest BCUT2D eigenvalue weighted by molar-refractivity contribution is -0.133. The number of fused-ring (bicyclic) bond motifs is 1. The Morgan fingerprint density at radius 2 is 1.88 bits per heavy atom. The van der Waals surface area contributed by atoms with Crippen LogP contribution in [0, 0.1) is 6.92 Å². The second-order valence-electron chi connectivity index (χ2n) is 6.61. The van der Waals surface area contributed by atoms with E-state index in [4.69, 9.17) is 4.74 Å². The fourth-order valence-electron chi connectivity index (χ4n) is 3.19. The largest absolute Gasteiger partial charge is 0.383 e. The van der Waals surface area contributed by atoms with E-state index in [2.05, 4.69) is 5.32 Å². The minimum absolute atomic E-state index is 0.00429. The van der Waals surface area contributed by atoms with Crippen LogP contribution in [0.4, 0.5) is 0 Å². The molecule has 26 heavy (non-hydrogen) atoms. The lowest BCUT2D eigenvalue weighted by atomic mass is 10.0. The minimum atomic E-state index is -0.269. The summed E-state index contributed by atoms with van der Waals surface area (Å²) in [6.07, 6.45) is 0.248. The highest BCUT2D eigenvalue weighted by Gasteiger charge is 2.30. The fraction of sp³-hybridized carbons (Fsp3) is 0.333. The molecular weight excluding hydrogens is 328 g/mol. The zero-order chi connectivity index (χ0) is 18.5. The predicted molar refractivity (Wildman–Crippen MR) is 99.7 cm³/mol. The van der Waals surface area contributed by atoms with Crippen LogP contribution in [0.3, 0.4) is 0 Å². The van der Waals surface area contributed by atoms with Crippen molar-refractivity contribution in [2.24, 2.45) is 0 Å². The van der Waals surface area contributed by atoms with Gasteiger partial charge in [-0.25, -0.2) is 0 Å². The van der Waals surface area contributed by atoms with Gasteiger partial charge < -0.3 is 15.0 Å². The van der Waals surface area contributed by atoms with Crippen molar-refractivity contribution >= 4 is 11.8 Å². The van der Waals surface area contributed by atoms with Crippen molar-refractivity contribution in [1.82, 2.24) is 10.2 Å². The van der Waals surface area contributed by atoms with E-state index in [0.29, 0.717) is 25.3 Å². The van der Waals surface area contributed by atoms with Crippen LogP contribution in [0.2, 0.25) is 0 Å². The van der Waals surface area contributed by atoms with E-state index >= 15 is 0 Å². The van der Waals surface area contributed by atoms with Gasteiger partial charge in [0.1, 0.15) is 0 Å². The Bertz CT molecular complexity index is 786. The zero-order valence-electron chi connectivity index (χ0n) is 15.2. The first-order chi connectivity index (χ1) is 12.6.